The van der Waals surface area contributed by atoms with Crippen LogP contribution in [0.15, 0.2) is 24.3 Å². The molecule has 0 atom stereocenters. The van der Waals surface area contributed by atoms with Gasteiger partial charge in [0.1, 0.15) is 0 Å². The van der Waals surface area contributed by atoms with Crippen molar-refractivity contribution in [2.45, 2.75) is 232 Å². The number of hydrogen-bond acceptors (Lipinski definition) is 2. The Hall–Kier alpha value is -1.58. The molecule has 4 nitrogen and oxygen atoms in total. The zero-order valence-corrected chi connectivity index (χ0v) is 31.1. The summed E-state index contributed by atoms with van der Waals surface area (Å²) in [6, 6.07) is 0. The Balaban J connectivity index is 0. The third kappa shape index (κ3) is 49.3. The molecule has 0 fully saturated rings. The standard InChI is InChI=1S/C24H48O2.C18H32O2/c1-2-3-4-5-6-7-8-9-10-11-12-13-14-15-16-17-18-19-20-21-22-23-24(25)26;1-2-3-4-5-6-7-8-9-10-11-12-13-14-15-16-17-18(19)20/h2-23H2,1H3,(H,25,26);6-7,9-10H,2-5,8,11-17H2,1H3,(H,19,20)/b;7-6-,10-9-. The Morgan fingerprint density at radius 3 is 0.891 bits per heavy atom. The molecule has 4 heteroatoms. The summed E-state index contributed by atoms with van der Waals surface area (Å²) in [7, 11) is 0. The molecule has 0 aliphatic rings. The van der Waals surface area contributed by atoms with E-state index in [0.29, 0.717) is 12.8 Å². The molecule has 0 aromatic carbocycles. The summed E-state index contributed by atoms with van der Waals surface area (Å²) in [4.78, 5) is 20.7. The SMILES string of the molecule is CCCCC/C=C\C/C=C\CCCCCCCC(=O)O.CCCCCCCCCCCCCCCCCCCCCCCC(=O)O. The first kappa shape index (κ1) is 46.5. The van der Waals surface area contributed by atoms with Crippen molar-refractivity contribution in [3.8, 4) is 0 Å². The fourth-order valence-corrected chi connectivity index (χ4v) is 5.80. The van der Waals surface area contributed by atoms with Crippen molar-refractivity contribution in [3.63, 3.8) is 0 Å². The van der Waals surface area contributed by atoms with Gasteiger partial charge in [0.25, 0.3) is 0 Å². The lowest BCUT2D eigenvalue weighted by atomic mass is 10.0. The Bertz CT molecular complexity index is 654. The highest BCUT2D eigenvalue weighted by atomic mass is 16.4. The number of hydrogen-bond donors (Lipinski definition) is 2. The number of carboxylic acid groups (broad SMARTS) is 2. The van der Waals surface area contributed by atoms with E-state index in [1.165, 1.54) is 167 Å². The smallest absolute Gasteiger partial charge is 0.303 e. The molecule has 0 radical (unpaired) electrons. The molecule has 0 unspecified atom stereocenters. The topological polar surface area (TPSA) is 74.6 Å². The summed E-state index contributed by atoms with van der Waals surface area (Å²) in [6.45, 7) is 4.52. The predicted octanol–water partition coefficient (Wildman–Crippen LogP) is 14.6. The average molecular weight is 649 g/mol. The highest BCUT2D eigenvalue weighted by Gasteiger charge is 1.98. The van der Waals surface area contributed by atoms with E-state index in [1.54, 1.807) is 0 Å². The van der Waals surface area contributed by atoms with Crippen molar-refractivity contribution in [1.82, 2.24) is 0 Å². The fourth-order valence-electron chi connectivity index (χ4n) is 5.80. The first-order valence-corrected chi connectivity index (χ1v) is 20.3. The van der Waals surface area contributed by atoms with E-state index in [9.17, 15) is 9.59 Å². The number of unbranched alkanes of at least 4 members (excludes halogenated alkanes) is 28. The van der Waals surface area contributed by atoms with Crippen molar-refractivity contribution in [2.75, 3.05) is 0 Å². The second kappa shape index (κ2) is 43.4. The maximum atomic E-state index is 10.4. The van der Waals surface area contributed by atoms with Gasteiger partial charge in [0.05, 0.1) is 0 Å². The summed E-state index contributed by atoms with van der Waals surface area (Å²) in [5, 5.41) is 17.1. The van der Waals surface area contributed by atoms with Crippen LogP contribution in [-0.4, -0.2) is 22.2 Å². The Morgan fingerprint density at radius 1 is 0.348 bits per heavy atom. The fraction of sp³-hybridized carbons (Fsp3) is 0.857. The van der Waals surface area contributed by atoms with Crippen LogP contribution in [0, 0.1) is 0 Å². The third-order valence-electron chi connectivity index (χ3n) is 8.84. The predicted molar refractivity (Wildman–Crippen MR) is 202 cm³/mol. The summed E-state index contributed by atoms with van der Waals surface area (Å²) < 4.78 is 0. The van der Waals surface area contributed by atoms with Crippen LogP contribution >= 0.6 is 0 Å². The lowest BCUT2D eigenvalue weighted by Crippen LogP contribution is -1.93. The second-order valence-corrected chi connectivity index (χ2v) is 13.6. The summed E-state index contributed by atoms with van der Waals surface area (Å²) >= 11 is 0. The Morgan fingerprint density at radius 2 is 0.587 bits per heavy atom. The minimum absolute atomic E-state index is 0.324. The molecule has 0 aromatic rings. The molecule has 0 aromatic heterocycles. The summed E-state index contributed by atoms with van der Waals surface area (Å²) in [5.74, 6) is -1.32. The molecule has 2 N–H and O–H groups in total. The largest absolute Gasteiger partial charge is 0.481 e. The van der Waals surface area contributed by atoms with Crippen LogP contribution in [0.5, 0.6) is 0 Å². The van der Waals surface area contributed by atoms with Crippen molar-refractivity contribution < 1.29 is 19.8 Å². The molecule has 0 saturated carbocycles. The monoisotopic (exact) mass is 649 g/mol. The first-order chi connectivity index (χ1) is 22.5. The molecule has 0 bridgehead atoms. The molecule has 0 heterocycles. The van der Waals surface area contributed by atoms with Gasteiger partial charge in [0.2, 0.25) is 0 Å². The van der Waals surface area contributed by atoms with Crippen LogP contribution in [0.25, 0.3) is 0 Å². The molecule has 0 aliphatic carbocycles. The summed E-state index contributed by atoms with van der Waals surface area (Å²) in [5.41, 5.74) is 0. The van der Waals surface area contributed by atoms with E-state index in [-0.39, 0.29) is 0 Å². The average Bonchev–Trinajstić information content (AvgIpc) is 3.03. The highest BCUT2D eigenvalue weighted by molar-refractivity contribution is 5.66. The summed E-state index contributed by atoms with van der Waals surface area (Å²) in [6.07, 6.45) is 51.3. The molecular formula is C42H80O4. The normalized spacial score (nSPS) is 11.3. The lowest BCUT2D eigenvalue weighted by molar-refractivity contribution is -0.138. The van der Waals surface area contributed by atoms with Gasteiger partial charge in [-0.1, -0.05) is 199 Å². The number of carbonyl (C=O) groups is 2. The molecule has 0 spiro atoms. The van der Waals surface area contributed by atoms with Gasteiger partial charge in [-0.2, -0.15) is 0 Å². The van der Waals surface area contributed by atoms with Gasteiger partial charge in [0.15, 0.2) is 0 Å². The molecular weight excluding hydrogens is 568 g/mol. The molecule has 0 amide bonds. The van der Waals surface area contributed by atoms with Crippen LogP contribution in [0.1, 0.15) is 232 Å². The highest BCUT2D eigenvalue weighted by Crippen LogP contribution is 2.15. The Kier molecular flexibility index (Phi) is 43.9. The second-order valence-electron chi connectivity index (χ2n) is 13.6. The van der Waals surface area contributed by atoms with E-state index >= 15 is 0 Å². The quantitative estimate of drug-likeness (QED) is 0.0523. The lowest BCUT2D eigenvalue weighted by Gasteiger charge is -2.04. The van der Waals surface area contributed by atoms with E-state index in [4.69, 9.17) is 10.2 Å². The van der Waals surface area contributed by atoms with Gasteiger partial charge in [-0.25, -0.2) is 0 Å². The van der Waals surface area contributed by atoms with Crippen LogP contribution in [0.2, 0.25) is 0 Å². The zero-order chi connectivity index (χ0) is 34.0. The van der Waals surface area contributed by atoms with Gasteiger partial charge in [0, 0.05) is 12.8 Å². The molecule has 0 saturated heterocycles. The van der Waals surface area contributed by atoms with Crippen molar-refractivity contribution in [2.24, 2.45) is 0 Å². The van der Waals surface area contributed by atoms with Gasteiger partial charge < -0.3 is 10.2 Å². The number of rotatable bonds is 36. The van der Waals surface area contributed by atoms with Crippen LogP contribution in [0.3, 0.4) is 0 Å². The zero-order valence-electron chi connectivity index (χ0n) is 31.1. The van der Waals surface area contributed by atoms with Crippen LogP contribution in [-0.2, 0) is 9.59 Å². The molecule has 0 aliphatic heterocycles. The van der Waals surface area contributed by atoms with Crippen LogP contribution in [0.4, 0.5) is 0 Å². The maximum Gasteiger partial charge on any atom is 0.303 e. The van der Waals surface area contributed by atoms with E-state index in [1.807, 2.05) is 0 Å². The minimum atomic E-state index is -0.671. The van der Waals surface area contributed by atoms with Gasteiger partial charge in [-0.3, -0.25) is 9.59 Å². The third-order valence-corrected chi connectivity index (χ3v) is 8.84. The van der Waals surface area contributed by atoms with Crippen molar-refractivity contribution >= 4 is 11.9 Å². The molecule has 272 valence electrons. The number of aliphatic carboxylic acids is 2. The molecule has 0 rings (SSSR count). The van der Waals surface area contributed by atoms with Crippen molar-refractivity contribution in [3.05, 3.63) is 24.3 Å². The number of carboxylic acids is 2. The van der Waals surface area contributed by atoms with E-state index in [2.05, 4.69) is 38.2 Å². The van der Waals surface area contributed by atoms with Gasteiger partial charge in [-0.05, 0) is 44.9 Å². The minimum Gasteiger partial charge on any atom is -0.481 e. The van der Waals surface area contributed by atoms with Crippen molar-refractivity contribution in [1.29, 1.82) is 0 Å². The number of allylic oxidation sites excluding steroid dienone is 4. The maximum absolute atomic E-state index is 10.4. The van der Waals surface area contributed by atoms with Gasteiger partial charge >= 0.3 is 11.9 Å². The van der Waals surface area contributed by atoms with E-state index < -0.39 is 11.9 Å². The van der Waals surface area contributed by atoms with Gasteiger partial charge in [-0.15, -0.1) is 0 Å². The molecule has 46 heavy (non-hydrogen) atoms. The Labute approximate surface area is 287 Å². The first-order valence-electron chi connectivity index (χ1n) is 20.3. The van der Waals surface area contributed by atoms with Crippen LogP contribution < -0.4 is 0 Å². The van der Waals surface area contributed by atoms with E-state index in [0.717, 1.165) is 38.5 Å².